The summed E-state index contributed by atoms with van der Waals surface area (Å²) in [7, 11) is -8.12. The highest BCUT2D eigenvalue weighted by atomic mass is 32.2. The van der Waals surface area contributed by atoms with Crippen LogP contribution in [0, 0.1) is 0 Å². The van der Waals surface area contributed by atoms with Crippen molar-refractivity contribution in [3.63, 3.8) is 0 Å². The van der Waals surface area contributed by atoms with Crippen LogP contribution < -0.4 is 9.50 Å². The van der Waals surface area contributed by atoms with Crippen LogP contribution >= 0.6 is 0 Å². The summed E-state index contributed by atoms with van der Waals surface area (Å²) >= 11 is 0. The van der Waals surface area contributed by atoms with Crippen molar-refractivity contribution >= 4 is 42.5 Å². The van der Waals surface area contributed by atoms with Crippen LogP contribution in [0.5, 0.6) is 5.75 Å². The Morgan fingerprint density at radius 3 is 2.34 bits per heavy atom. The number of anilines is 1. The topological polar surface area (TPSA) is 135 Å². The van der Waals surface area contributed by atoms with Gasteiger partial charge in [0.2, 0.25) is 0 Å². The fraction of sp³-hybridized carbons (Fsp3) is 0.0476. The molecule has 32 heavy (non-hydrogen) atoms. The van der Waals surface area contributed by atoms with Crippen LogP contribution in [0.3, 0.4) is 0 Å². The molecule has 9 nitrogen and oxygen atoms in total. The number of carbonyl (C=O) groups is 1. The predicted octanol–water partition coefficient (Wildman–Crippen LogP) is 2.99. The number of aromatic amines is 1. The third-order valence-corrected chi connectivity index (χ3v) is 6.88. The van der Waals surface area contributed by atoms with Crippen molar-refractivity contribution in [2.45, 2.75) is 9.79 Å². The van der Waals surface area contributed by atoms with E-state index in [9.17, 15) is 21.6 Å². The number of carbonyl (C=O) groups excluding carboxylic acids is 1. The Hall–Kier alpha value is -3.70. The summed E-state index contributed by atoms with van der Waals surface area (Å²) < 4.78 is 54.8. The molecule has 0 bridgehead atoms. The molecule has 4 rings (SSSR count). The Morgan fingerprint density at radius 1 is 0.938 bits per heavy atom. The number of nitrogens with zero attached hydrogens (tertiary/aromatic N) is 1. The molecule has 0 saturated carbocycles. The SMILES string of the molecule is CS(=O)(=O)c1ccccc1OS(=O)(=O)c1ccc2[nH]nc(C(=O)Nc3ccccc3)c2c1. The molecule has 1 amide bonds. The Kier molecular flexibility index (Phi) is 5.45. The quantitative estimate of drug-likeness (QED) is 0.413. The van der Waals surface area contributed by atoms with Gasteiger partial charge in [-0.05, 0) is 42.5 Å². The number of nitrogens with one attached hydrogen (secondary N) is 2. The molecule has 0 atom stereocenters. The summed E-state index contributed by atoms with van der Waals surface area (Å²) in [6.45, 7) is 0. The second-order valence-corrected chi connectivity index (χ2v) is 10.4. The van der Waals surface area contributed by atoms with Gasteiger partial charge in [0.05, 0.1) is 5.52 Å². The summed E-state index contributed by atoms with van der Waals surface area (Å²) in [6.07, 6.45) is 0.955. The van der Waals surface area contributed by atoms with Crippen LogP contribution in [0.25, 0.3) is 10.9 Å². The molecule has 3 aromatic carbocycles. The number of aromatic nitrogens is 2. The highest BCUT2D eigenvalue weighted by molar-refractivity contribution is 7.91. The molecule has 1 aromatic heterocycles. The van der Waals surface area contributed by atoms with Crippen LogP contribution in [0.1, 0.15) is 10.5 Å². The van der Waals surface area contributed by atoms with E-state index in [1.165, 1.54) is 42.5 Å². The van der Waals surface area contributed by atoms with E-state index in [0.717, 1.165) is 6.26 Å². The summed E-state index contributed by atoms with van der Waals surface area (Å²) in [6, 6.07) is 18.1. The number of para-hydroxylation sites is 2. The lowest BCUT2D eigenvalue weighted by Gasteiger charge is -2.10. The summed E-state index contributed by atoms with van der Waals surface area (Å²) in [5.41, 5.74) is 0.995. The van der Waals surface area contributed by atoms with E-state index >= 15 is 0 Å². The zero-order valence-corrected chi connectivity index (χ0v) is 18.3. The first-order chi connectivity index (χ1) is 15.1. The first-order valence-corrected chi connectivity index (χ1v) is 12.5. The van der Waals surface area contributed by atoms with Crippen molar-refractivity contribution in [3.8, 4) is 5.75 Å². The Balaban J connectivity index is 1.70. The van der Waals surface area contributed by atoms with Crippen molar-refractivity contribution in [1.29, 1.82) is 0 Å². The van der Waals surface area contributed by atoms with Crippen LogP contribution in [0.15, 0.2) is 82.6 Å². The lowest BCUT2D eigenvalue weighted by atomic mass is 10.2. The van der Waals surface area contributed by atoms with Gasteiger partial charge in [-0.25, -0.2) is 8.42 Å². The summed E-state index contributed by atoms with van der Waals surface area (Å²) in [5, 5.41) is 9.63. The first kappa shape index (κ1) is 21.5. The van der Waals surface area contributed by atoms with Gasteiger partial charge in [0, 0.05) is 17.3 Å². The molecule has 0 unspecified atom stereocenters. The molecule has 0 spiro atoms. The largest absolute Gasteiger partial charge is 0.378 e. The third-order valence-electron chi connectivity index (χ3n) is 4.52. The van der Waals surface area contributed by atoms with Gasteiger partial charge in [-0.1, -0.05) is 30.3 Å². The number of fused-ring (bicyclic) bond motifs is 1. The van der Waals surface area contributed by atoms with Crippen molar-refractivity contribution in [2.75, 3.05) is 11.6 Å². The molecule has 164 valence electrons. The minimum Gasteiger partial charge on any atom is -0.378 e. The smallest absolute Gasteiger partial charge is 0.339 e. The number of benzene rings is 3. The Labute approximate surface area is 184 Å². The van der Waals surface area contributed by atoms with Gasteiger partial charge in [-0.2, -0.15) is 13.5 Å². The maximum atomic E-state index is 12.9. The van der Waals surface area contributed by atoms with E-state index in [2.05, 4.69) is 15.5 Å². The van der Waals surface area contributed by atoms with Gasteiger partial charge in [0.1, 0.15) is 9.79 Å². The van der Waals surface area contributed by atoms with Crippen LogP contribution in [-0.4, -0.2) is 39.2 Å². The van der Waals surface area contributed by atoms with E-state index in [4.69, 9.17) is 4.18 Å². The fourth-order valence-corrected chi connectivity index (χ4v) is 4.85. The Morgan fingerprint density at radius 2 is 1.62 bits per heavy atom. The van der Waals surface area contributed by atoms with Crippen molar-refractivity contribution in [1.82, 2.24) is 10.2 Å². The van der Waals surface area contributed by atoms with Crippen LogP contribution in [0.2, 0.25) is 0 Å². The summed E-state index contributed by atoms with van der Waals surface area (Å²) in [4.78, 5) is 12.1. The van der Waals surface area contributed by atoms with Crippen molar-refractivity contribution in [2.24, 2.45) is 0 Å². The fourth-order valence-electron chi connectivity index (χ4n) is 3.03. The average Bonchev–Trinajstić information content (AvgIpc) is 3.17. The maximum Gasteiger partial charge on any atom is 0.339 e. The molecule has 11 heteroatoms. The predicted molar refractivity (Wildman–Crippen MR) is 118 cm³/mol. The minimum atomic E-state index is -4.40. The number of amides is 1. The molecule has 1 heterocycles. The summed E-state index contributed by atoms with van der Waals surface area (Å²) in [5.74, 6) is -0.843. The number of rotatable bonds is 6. The van der Waals surface area contributed by atoms with Gasteiger partial charge < -0.3 is 9.50 Å². The van der Waals surface area contributed by atoms with Crippen LogP contribution in [0.4, 0.5) is 5.69 Å². The normalized spacial score (nSPS) is 11.9. The lowest BCUT2D eigenvalue weighted by Crippen LogP contribution is -2.14. The second-order valence-electron chi connectivity index (χ2n) is 6.86. The average molecular weight is 472 g/mol. The maximum absolute atomic E-state index is 12.9. The number of H-pyrrole nitrogens is 1. The molecule has 0 aliphatic rings. The molecule has 2 N–H and O–H groups in total. The van der Waals surface area contributed by atoms with Gasteiger partial charge in [0.25, 0.3) is 5.91 Å². The zero-order valence-electron chi connectivity index (χ0n) is 16.6. The molecule has 0 radical (unpaired) electrons. The molecule has 0 fully saturated rings. The first-order valence-electron chi connectivity index (χ1n) is 9.23. The number of hydrogen-bond donors (Lipinski definition) is 2. The van der Waals surface area contributed by atoms with Gasteiger partial charge in [0.15, 0.2) is 21.3 Å². The molecule has 0 saturated heterocycles. The van der Waals surface area contributed by atoms with E-state index in [-0.39, 0.29) is 26.6 Å². The van der Waals surface area contributed by atoms with Gasteiger partial charge in [-0.15, -0.1) is 0 Å². The van der Waals surface area contributed by atoms with E-state index in [1.807, 2.05) is 0 Å². The number of sulfone groups is 1. The molecule has 4 aromatic rings. The molecular weight excluding hydrogens is 454 g/mol. The molecular formula is C21H17N3O6S2. The zero-order chi connectivity index (χ0) is 22.9. The highest BCUT2D eigenvalue weighted by Gasteiger charge is 2.24. The van der Waals surface area contributed by atoms with E-state index in [1.54, 1.807) is 30.3 Å². The monoisotopic (exact) mass is 471 g/mol. The standard InChI is InChI=1S/C21H17N3O6S2/c1-31(26,27)19-10-6-5-9-18(19)30-32(28,29)15-11-12-17-16(13-15)20(24-23-17)21(25)22-14-7-3-2-4-8-14/h2-13H,1H3,(H,22,25)(H,23,24). The molecule has 0 aliphatic heterocycles. The second kappa shape index (κ2) is 8.09. The van der Waals surface area contributed by atoms with Crippen LogP contribution in [-0.2, 0) is 20.0 Å². The van der Waals surface area contributed by atoms with Crippen molar-refractivity contribution in [3.05, 3.63) is 78.5 Å². The minimum absolute atomic E-state index is 0.00237. The van der Waals surface area contributed by atoms with E-state index in [0.29, 0.717) is 11.2 Å². The number of hydrogen-bond acceptors (Lipinski definition) is 7. The Bertz CT molecular complexity index is 1530. The third kappa shape index (κ3) is 4.34. The van der Waals surface area contributed by atoms with Crippen molar-refractivity contribution < 1.29 is 25.8 Å². The molecule has 0 aliphatic carbocycles. The highest BCUT2D eigenvalue weighted by Crippen LogP contribution is 2.28. The lowest BCUT2D eigenvalue weighted by molar-refractivity contribution is 0.102. The van der Waals surface area contributed by atoms with E-state index < -0.39 is 25.9 Å². The van der Waals surface area contributed by atoms with Gasteiger partial charge >= 0.3 is 10.1 Å². The van der Waals surface area contributed by atoms with Gasteiger partial charge in [-0.3, -0.25) is 9.89 Å².